The van der Waals surface area contributed by atoms with E-state index in [0.29, 0.717) is 17.6 Å². The van der Waals surface area contributed by atoms with E-state index in [0.717, 1.165) is 11.8 Å². The molecular weight excluding hydrogens is 332 g/mol. The van der Waals surface area contributed by atoms with Crippen molar-refractivity contribution in [1.29, 1.82) is 0 Å². The minimum Gasteiger partial charge on any atom is -0.504 e. The second kappa shape index (κ2) is 6.76. The Kier molecular flexibility index (Phi) is 4.51. The Balaban J connectivity index is 1.93. The summed E-state index contributed by atoms with van der Waals surface area (Å²) in [5.74, 6) is -3.15. The lowest BCUT2D eigenvalue weighted by molar-refractivity contribution is 0.149. The predicted molar refractivity (Wildman–Crippen MR) is 86.3 cm³/mol. The maximum Gasteiger partial charge on any atom is 0.406 e. The number of ether oxygens (including phenoxy) is 1. The number of nitrogens with one attached hydrogen (secondary N) is 1. The Hall–Kier alpha value is -3.16. The molecule has 0 bridgehead atoms. The van der Waals surface area contributed by atoms with Gasteiger partial charge in [-0.05, 0) is 24.3 Å². The van der Waals surface area contributed by atoms with Crippen LogP contribution in [0.4, 0.5) is 13.6 Å². The highest BCUT2D eigenvalue weighted by molar-refractivity contribution is 5.71. The number of alkyl carbamates (subject to hydrolysis) is 1. The molecule has 130 valence electrons. The number of halogens is 2. The fraction of sp³-hybridized carbons (Fsp3) is 0.176. The van der Waals surface area contributed by atoms with Crippen LogP contribution in [0.15, 0.2) is 36.7 Å². The highest BCUT2D eigenvalue weighted by atomic mass is 19.2. The van der Waals surface area contributed by atoms with E-state index in [1.54, 1.807) is 28.9 Å². The number of nitrogens with zero attached hydrogens (tertiary/aromatic N) is 2. The van der Waals surface area contributed by atoms with Crippen molar-refractivity contribution in [2.45, 2.75) is 6.42 Å². The molecule has 0 saturated heterocycles. The molecule has 0 aliphatic rings. The SMILES string of the molecule is CNC(=O)OCCc1cnc2ccc(-c3ccc(F)c(F)c3O)cn12. The van der Waals surface area contributed by atoms with Crippen molar-refractivity contribution in [2.75, 3.05) is 13.7 Å². The molecular formula is C17H15F2N3O3. The number of fused-ring (bicyclic) bond motifs is 1. The van der Waals surface area contributed by atoms with Crippen LogP contribution in [0.2, 0.25) is 0 Å². The lowest BCUT2D eigenvalue weighted by atomic mass is 10.1. The van der Waals surface area contributed by atoms with E-state index in [-0.39, 0.29) is 12.2 Å². The summed E-state index contributed by atoms with van der Waals surface area (Å²) in [4.78, 5) is 15.3. The van der Waals surface area contributed by atoms with Gasteiger partial charge in [-0.1, -0.05) is 0 Å². The lowest BCUT2D eigenvalue weighted by Crippen LogP contribution is -2.20. The molecule has 0 aliphatic carbocycles. The third-order valence-corrected chi connectivity index (χ3v) is 3.76. The van der Waals surface area contributed by atoms with E-state index in [1.165, 1.54) is 13.1 Å². The van der Waals surface area contributed by atoms with Crippen LogP contribution in [-0.2, 0) is 11.2 Å². The van der Waals surface area contributed by atoms with E-state index in [2.05, 4.69) is 10.3 Å². The third-order valence-electron chi connectivity index (χ3n) is 3.76. The van der Waals surface area contributed by atoms with Gasteiger partial charge in [0.25, 0.3) is 0 Å². The fourth-order valence-corrected chi connectivity index (χ4v) is 2.47. The second-order valence-electron chi connectivity index (χ2n) is 5.29. The number of pyridine rings is 1. The second-order valence-corrected chi connectivity index (χ2v) is 5.29. The number of hydrogen-bond donors (Lipinski definition) is 2. The molecule has 3 aromatic rings. The summed E-state index contributed by atoms with van der Waals surface area (Å²) in [6.45, 7) is 0.161. The molecule has 2 heterocycles. The summed E-state index contributed by atoms with van der Waals surface area (Å²) >= 11 is 0. The molecule has 0 atom stereocenters. The standard InChI is InChI=1S/C17H15F2N3O3/c1-20-17(24)25-7-6-11-8-21-14-5-2-10(9-22(11)14)12-3-4-13(18)15(19)16(12)23/h2-5,8-9,23H,6-7H2,1H3,(H,20,24). The van der Waals surface area contributed by atoms with Crippen molar-refractivity contribution in [3.05, 3.63) is 54.0 Å². The summed E-state index contributed by atoms with van der Waals surface area (Å²) < 4.78 is 33.5. The molecule has 0 aliphatic heterocycles. The first-order valence-corrected chi connectivity index (χ1v) is 7.49. The van der Waals surface area contributed by atoms with E-state index in [1.807, 2.05) is 0 Å². The van der Waals surface area contributed by atoms with Crippen LogP contribution in [0.25, 0.3) is 16.8 Å². The first-order valence-electron chi connectivity index (χ1n) is 7.49. The topological polar surface area (TPSA) is 75.9 Å². The lowest BCUT2D eigenvalue weighted by Gasteiger charge is -2.09. The number of imidazole rings is 1. The minimum absolute atomic E-state index is 0.161. The van der Waals surface area contributed by atoms with Crippen molar-refractivity contribution in [1.82, 2.24) is 14.7 Å². The van der Waals surface area contributed by atoms with Crippen molar-refractivity contribution < 1.29 is 23.4 Å². The Labute approximate surface area is 141 Å². The van der Waals surface area contributed by atoms with Gasteiger partial charge < -0.3 is 19.6 Å². The van der Waals surface area contributed by atoms with Crippen molar-refractivity contribution >= 4 is 11.7 Å². The summed E-state index contributed by atoms with van der Waals surface area (Å²) in [5, 5.41) is 12.2. The first kappa shape index (κ1) is 16.7. The molecule has 2 N–H and O–H groups in total. The van der Waals surface area contributed by atoms with Gasteiger partial charge in [-0.25, -0.2) is 14.2 Å². The smallest absolute Gasteiger partial charge is 0.406 e. The Bertz CT molecular complexity index is 940. The Morgan fingerprint density at radius 2 is 2.12 bits per heavy atom. The van der Waals surface area contributed by atoms with Crippen LogP contribution in [0.5, 0.6) is 5.75 Å². The van der Waals surface area contributed by atoms with Crippen LogP contribution >= 0.6 is 0 Å². The van der Waals surface area contributed by atoms with Gasteiger partial charge >= 0.3 is 6.09 Å². The number of benzene rings is 1. The predicted octanol–water partition coefficient (Wildman–Crippen LogP) is 2.88. The van der Waals surface area contributed by atoms with Crippen molar-refractivity contribution in [2.24, 2.45) is 0 Å². The molecule has 6 nitrogen and oxygen atoms in total. The zero-order valence-electron chi connectivity index (χ0n) is 13.3. The number of aromatic hydroxyl groups is 1. The maximum absolute atomic E-state index is 13.6. The average molecular weight is 347 g/mol. The van der Waals surface area contributed by atoms with Crippen molar-refractivity contribution in [3.8, 4) is 16.9 Å². The van der Waals surface area contributed by atoms with E-state index in [9.17, 15) is 18.7 Å². The van der Waals surface area contributed by atoms with Crippen LogP contribution < -0.4 is 5.32 Å². The minimum atomic E-state index is -1.29. The monoisotopic (exact) mass is 347 g/mol. The normalized spacial score (nSPS) is 10.8. The summed E-state index contributed by atoms with van der Waals surface area (Å²) in [5.41, 5.74) is 2.07. The summed E-state index contributed by atoms with van der Waals surface area (Å²) in [7, 11) is 1.47. The Morgan fingerprint density at radius 1 is 1.32 bits per heavy atom. The van der Waals surface area contributed by atoms with Crippen LogP contribution in [0.3, 0.4) is 0 Å². The van der Waals surface area contributed by atoms with Gasteiger partial charge in [0, 0.05) is 42.7 Å². The number of aromatic nitrogens is 2. The zero-order valence-corrected chi connectivity index (χ0v) is 13.3. The molecule has 25 heavy (non-hydrogen) atoms. The zero-order chi connectivity index (χ0) is 18.0. The quantitative estimate of drug-likeness (QED) is 0.761. The van der Waals surface area contributed by atoms with Gasteiger partial charge in [-0.2, -0.15) is 4.39 Å². The van der Waals surface area contributed by atoms with Gasteiger partial charge in [0.2, 0.25) is 5.82 Å². The number of rotatable bonds is 4. The van der Waals surface area contributed by atoms with E-state index >= 15 is 0 Å². The van der Waals surface area contributed by atoms with Gasteiger partial charge in [0.15, 0.2) is 11.6 Å². The highest BCUT2D eigenvalue weighted by Crippen LogP contribution is 2.32. The van der Waals surface area contributed by atoms with Crippen LogP contribution in [0.1, 0.15) is 5.69 Å². The average Bonchev–Trinajstić information content (AvgIpc) is 3.02. The summed E-state index contributed by atoms with van der Waals surface area (Å²) in [6, 6.07) is 5.61. The molecule has 0 unspecified atom stereocenters. The van der Waals surface area contributed by atoms with Crippen LogP contribution in [-0.4, -0.2) is 34.2 Å². The molecule has 1 aromatic carbocycles. The molecule has 0 fully saturated rings. The summed E-state index contributed by atoms with van der Waals surface area (Å²) in [6.07, 6.45) is 3.18. The van der Waals surface area contributed by atoms with Gasteiger partial charge in [0.1, 0.15) is 5.65 Å². The first-order chi connectivity index (χ1) is 12.0. The largest absolute Gasteiger partial charge is 0.504 e. The Morgan fingerprint density at radius 3 is 2.88 bits per heavy atom. The fourth-order valence-electron chi connectivity index (χ4n) is 2.47. The maximum atomic E-state index is 13.6. The number of amides is 1. The number of phenolic OH excluding ortho intramolecular Hbond substituents is 1. The van der Waals surface area contributed by atoms with Gasteiger partial charge in [0.05, 0.1) is 6.61 Å². The van der Waals surface area contributed by atoms with E-state index < -0.39 is 23.5 Å². The number of hydrogen-bond acceptors (Lipinski definition) is 4. The molecule has 3 rings (SSSR count). The highest BCUT2D eigenvalue weighted by Gasteiger charge is 2.15. The molecule has 0 spiro atoms. The molecule has 0 radical (unpaired) electrons. The van der Waals surface area contributed by atoms with Crippen molar-refractivity contribution in [3.63, 3.8) is 0 Å². The number of carbonyl (C=O) groups excluding carboxylic acids is 1. The number of carbonyl (C=O) groups is 1. The third kappa shape index (κ3) is 3.23. The van der Waals surface area contributed by atoms with E-state index in [4.69, 9.17) is 4.74 Å². The van der Waals surface area contributed by atoms with Crippen LogP contribution in [0, 0.1) is 11.6 Å². The molecule has 2 aromatic heterocycles. The van der Waals surface area contributed by atoms with Gasteiger partial charge in [-0.15, -0.1) is 0 Å². The molecule has 0 saturated carbocycles. The molecule has 1 amide bonds. The molecule has 8 heteroatoms. The number of phenols is 1. The van der Waals surface area contributed by atoms with Gasteiger partial charge in [-0.3, -0.25) is 0 Å².